The number of hydrogen-bond acceptors (Lipinski definition) is 8. The smallest absolute Gasteiger partial charge is 0.410 e. The number of piperazine rings is 1. The number of ether oxygens (including phenoxy) is 2. The van der Waals surface area contributed by atoms with Gasteiger partial charge in [0.15, 0.2) is 0 Å². The molecule has 3 heterocycles. The number of para-hydroxylation sites is 1. The summed E-state index contributed by atoms with van der Waals surface area (Å²) in [6.45, 7) is 3.19. The Bertz CT molecular complexity index is 937. The van der Waals surface area contributed by atoms with Gasteiger partial charge in [0, 0.05) is 45.0 Å². The number of likely N-dealkylation sites (tertiary alicyclic amines) is 2. The van der Waals surface area contributed by atoms with Gasteiger partial charge in [-0.2, -0.15) is 0 Å². The van der Waals surface area contributed by atoms with Crippen molar-refractivity contribution in [3.05, 3.63) is 30.3 Å². The van der Waals surface area contributed by atoms with E-state index in [9.17, 15) is 24.4 Å². The summed E-state index contributed by atoms with van der Waals surface area (Å²) in [5, 5.41) is 9.42. The maximum atomic E-state index is 13.7. The lowest BCUT2D eigenvalue weighted by Crippen LogP contribution is -2.64. The van der Waals surface area contributed by atoms with Crippen LogP contribution in [0.25, 0.3) is 0 Å². The average molecular weight is 518 g/mol. The van der Waals surface area contributed by atoms with Crippen molar-refractivity contribution >= 4 is 29.5 Å². The minimum Gasteiger partial charge on any atom is -0.453 e. The highest BCUT2D eigenvalue weighted by Gasteiger charge is 2.48. The van der Waals surface area contributed by atoms with Crippen LogP contribution in [-0.2, 0) is 23.9 Å². The van der Waals surface area contributed by atoms with Gasteiger partial charge in [0.05, 0.1) is 25.7 Å². The summed E-state index contributed by atoms with van der Waals surface area (Å²) < 4.78 is 10.7. The van der Waals surface area contributed by atoms with Crippen molar-refractivity contribution in [3.63, 3.8) is 0 Å². The fourth-order valence-corrected chi connectivity index (χ4v) is 5.36. The molecule has 12 heteroatoms. The van der Waals surface area contributed by atoms with Crippen molar-refractivity contribution in [2.75, 3.05) is 64.4 Å². The Balaban J connectivity index is 1.46. The van der Waals surface area contributed by atoms with E-state index in [2.05, 4.69) is 4.90 Å². The molecule has 3 aliphatic heterocycles. The van der Waals surface area contributed by atoms with E-state index >= 15 is 0 Å². The molecule has 37 heavy (non-hydrogen) atoms. The molecule has 4 rings (SSSR count). The molecule has 3 saturated heterocycles. The molecule has 3 aliphatic rings. The highest BCUT2D eigenvalue weighted by molar-refractivity contribution is 5.92. The molecule has 0 unspecified atom stereocenters. The third-order valence-electron chi connectivity index (χ3n) is 7.36. The number of hydroxylamine groups is 1. The van der Waals surface area contributed by atoms with Crippen LogP contribution in [-0.4, -0.2) is 115 Å². The average Bonchev–Trinajstić information content (AvgIpc) is 3.50. The van der Waals surface area contributed by atoms with Gasteiger partial charge in [-0.05, 0) is 31.4 Å². The van der Waals surface area contributed by atoms with E-state index in [-0.39, 0.29) is 25.5 Å². The number of amides is 4. The van der Waals surface area contributed by atoms with E-state index in [0.29, 0.717) is 39.3 Å². The number of nitrogens with zero attached hydrogens (tertiary/aromatic N) is 4. The Morgan fingerprint density at radius 2 is 1.65 bits per heavy atom. The predicted molar refractivity (Wildman–Crippen MR) is 132 cm³/mol. The summed E-state index contributed by atoms with van der Waals surface area (Å²) in [7, 11) is 1.20. The molecule has 3 atom stereocenters. The highest BCUT2D eigenvalue weighted by atomic mass is 16.5. The minimum atomic E-state index is -1.17. The van der Waals surface area contributed by atoms with Crippen LogP contribution in [0.5, 0.6) is 0 Å². The number of nitrogens with one attached hydrogen (secondary N) is 1. The third kappa shape index (κ3) is 6.13. The molecule has 1 aromatic carbocycles. The van der Waals surface area contributed by atoms with Crippen LogP contribution in [0.4, 0.5) is 10.5 Å². The first-order chi connectivity index (χ1) is 17.9. The Kier molecular flexibility index (Phi) is 8.82. The summed E-state index contributed by atoms with van der Waals surface area (Å²) in [5.41, 5.74) is 2.69. The molecule has 2 N–H and O–H groups in total. The maximum absolute atomic E-state index is 13.7. The Labute approximate surface area is 216 Å². The molecule has 3 fully saturated rings. The highest BCUT2D eigenvalue weighted by Crippen LogP contribution is 2.29. The first-order valence-electron chi connectivity index (χ1n) is 12.7. The van der Waals surface area contributed by atoms with E-state index in [0.717, 1.165) is 18.5 Å². The molecule has 0 spiro atoms. The predicted octanol–water partition coefficient (Wildman–Crippen LogP) is 0.305. The summed E-state index contributed by atoms with van der Waals surface area (Å²) in [6.07, 6.45) is 0.497. The van der Waals surface area contributed by atoms with Crippen LogP contribution in [0.1, 0.15) is 19.3 Å². The molecule has 0 saturated carbocycles. The number of benzene rings is 1. The summed E-state index contributed by atoms with van der Waals surface area (Å²) >= 11 is 0. The van der Waals surface area contributed by atoms with Gasteiger partial charge >= 0.3 is 6.09 Å². The van der Waals surface area contributed by atoms with Crippen LogP contribution in [0.15, 0.2) is 30.3 Å². The summed E-state index contributed by atoms with van der Waals surface area (Å²) in [6, 6.07) is 8.70. The zero-order valence-electron chi connectivity index (χ0n) is 21.1. The van der Waals surface area contributed by atoms with E-state index in [4.69, 9.17) is 9.47 Å². The van der Waals surface area contributed by atoms with Crippen LogP contribution in [0.2, 0.25) is 0 Å². The first-order valence-corrected chi connectivity index (χ1v) is 12.7. The van der Waals surface area contributed by atoms with Gasteiger partial charge in [-0.1, -0.05) is 18.2 Å². The van der Waals surface area contributed by atoms with Gasteiger partial charge in [0.25, 0.3) is 0 Å². The number of anilines is 1. The molecule has 12 nitrogen and oxygen atoms in total. The molecule has 4 amide bonds. The largest absolute Gasteiger partial charge is 0.453 e. The normalized spacial score (nSPS) is 24.1. The fourth-order valence-electron chi connectivity index (χ4n) is 5.36. The van der Waals surface area contributed by atoms with Gasteiger partial charge in [0.1, 0.15) is 12.6 Å². The van der Waals surface area contributed by atoms with Crippen molar-refractivity contribution in [1.82, 2.24) is 20.2 Å². The van der Waals surface area contributed by atoms with Crippen LogP contribution in [0.3, 0.4) is 0 Å². The van der Waals surface area contributed by atoms with Gasteiger partial charge in [0.2, 0.25) is 17.7 Å². The second kappa shape index (κ2) is 12.2. The number of rotatable bonds is 6. The fraction of sp³-hybridized carbons (Fsp3) is 0.600. The molecular weight excluding hydrogens is 482 g/mol. The molecule has 0 radical (unpaired) electrons. The van der Waals surface area contributed by atoms with Gasteiger partial charge in [-0.15, -0.1) is 0 Å². The number of carbonyl (C=O) groups is 4. The van der Waals surface area contributed by atoms with Crippen molar-refractivity contribution in [2.24, 2.45) is 5.92 Å². The first kappa shape index (κ1) is 26.7. The van der Waals surface area contributed by atoms with Crippen molar-refractivity contribution in [1.29, 1.82) is 0 Å². The summed E-state index contributed by atoms with van der Waals surface area (Å²) in [5.74, 6) is -2.42. The monoisotopic (exact) mass is 517 g/mol. The number of hydrogen-bond donors (Lipinski definition) is 2. The molecule has 1 aromatic rings. The van der Waals surface area contributed by atoms with Crippen LogP contribution < -0.4 is 10.4 Å². The standard InChI is InChI=1S/C25H35N5O7/c1-36-25(34)30-16-19(37-17-21(31)28-9-5-6-10-28)15-20(23(32)26-35)22(30)24(33)29-13-11-27(12-14-29)18-7-3-2-4-8-18/h2-4,7-8,19-20,22,35H,5-6,9-17H2,1H3,(H,26,32)/t19-,20-,22-/m0/s1. The topological polar surface area (TPSA) is 132 Å². The van der Waals surface area contributed by atoms with E-state index in [1.165, 1.54) is 12.0 Å². The Morgan fingerprint density at radius 3 is 2.27 bits per heavy atom. The number of carbonyl (C=O) groups excluding carboxylic acids is 4. The minimum absolute atomic E-state index is 0.0183. The molecule has 0 bridgehead atoms. The van der Waals surface area contributed by atoms with Crippen LogP contribution >= 0.6 is 0 Å². The van der Waals surface area contributed by atoms with E-state index in [1.54, 1.807) is 15.3 Å². The number of methoxy groups -OCH3 is 1. The quantitative estimate of drug-likeness (QED) is 0.407. The molecule has 202 valence electrons. The van der Waals surface area contributed by atoms with Crippen LogP contribution in [0, 0.1) is 5.92 Å². The van der Waals surface area contributed by atoms with E-state index < -0.39 is 36.0 Å². The number of piperidine rings is 1. The second-order valence-electron chi connectivity index (χ2n) is 9.55. The van der Waals surface area contributed by atoms with Crippen molar-refractivity contribution < 1.29 is 33.9 Å². The van der Waals surface area contributed by atoms with Crippen molar-refractivity contribution in [3.8, 4) is 0 Å². The zero-order chi connectivity index (χ0) is 26.4. The third-order valence-corrected chi connectivity index (χ3v) is 7.36. The molecular formula is C25H35N5O7. The lowest BCUT2D eigenvalue weighted by molar-refractivity contribution is -0.155. The second-order valence-corrected chi connectivity index (χ2v) is 9.55. The lowest BCUT2D eigenvalue weighted by atomic mass is 9.86. The molecule has 0 aliphatic carbocycles. The molecule has 0 aromatic heterocycles. The van der Waals surface area contributed by atoms with Gasteiger partial charge in [-0.3, -0.25) is 24.5 Å². The van der Waals surface area contributed by atoms with Gasteiger partial charge in [-0.25, -0.2) is 10.3 Å². The zero-order valence-corrected chi connectivity index (χ0v) is 21.1. The Morgan fingerprint density at radius 1 is 0.973 bits per heavy atom. The SMILES string of the molecule is COC(=O)N1C[C@@H](OCC(=O)N2CCCC2)C[C@H](C(=O)NO)[C@H]1C(=O)N1CCN(c2ccccc2)CC1. The van der Waals surface area contributed by atoms with Gasteiger partial charge < -0.3 is 24.2 Å². The van der Waals surface area contributed by atoms with E-state index in [1.807, 2.05) is 30.3 Å². The van der Waals surface area contributed by atoms with Crippen molar-refractivity contribution in [2.45, 2.75) is 31.4 Å². The Hall–Kier alpha value is -3.38. The maximum Gasteiger partial charge on any atom is 0.410 e. The summed E-state index contributed by atoms with van der Waals surface area (Å²) in [4.78, 5) is 58.3. The lowest BCUT2D eigenvalue weighted by Gasteiger charge is -2.45.